The summed E-state index contributed by atoms with van der Waals surface area (Å²) in [5.41, 5.74) is 15.8. The number of rotatable bonds is 5. The lowest BCUT2D eigenvalue weighted by Crippen LogP contribution is -2.43. The lowest BCUT2D eigenvalue weighted by Gasteiger charge is -2.37. The van der Waals surface area contributed by atoms with Gasteiger partial charge in [0.1, 0.15) is 17.2 Å². The summed E-state index contributed by atoms with van der Waals surface area (Å²) in [6.07, 6.45) is 6.45. The molecule has 28 heavy (non-hydrogen) atoms. The van der Waals surface area contributed by atoms with Gasteiger partial charge in [-0.2, -0.15) is 0 Å². The van der Waals surface area contributed by atoms with Crippen molar-refractivity contribution in [3.05, 3.63) is 48.8 Å². The van der Waals surface area contributed by atoms with E-state index in [-0.39, 0.29) is 12.2 Å². The van der Waals surface area contributed by atoms with Crippen molar-refractivity contribution >= 4 is 17.0 Å². The largest absolute Gasteiger partial charge is 0.383 e. The first-order chi connectivity index (χ1) is 13.6. The van der Waals surface area contributed by atoms with E-state index in [9.17, 15) is 0 Å². The van der Waals surface area contributed by atoms with Crippen LogP contribution < -0.4 is 11.5 Å². The highest BCUT2D eigenvalue weighted by molar-refractivity contribution is 5.80. The van der Waals surface area contributed by atoms with Crippen molar-refractivity contribution in [2.24, 2.45) is 5.73 Å². The molecule has 4 rings (SSSR count). The van der Waals surface area contributed by atoms with Crippen LogP contribution in [0.2, 0.25) is 0 Å². The van der Waals surface area contributed by atoms with Crippen LogP contribution in [0.5, 0.6) is 0 Å². The molecule has 4 N–H and O–H groups in total. The van der Waals surface area contributed by atoms with Gasteiger partial charge in [-0.05, 0) is 50.5 Å². The number of fused-ring (bicyclic) bond motifs is 1. The van der Waals surface area contributed by atoms with Gasteiger partial charge in [-0.25, -0.2) is 15.0 Å². The maximum atomic E-state index is 6.21. The number of piperidine rings is 1. The molecule has 7 nitrogen and oxygen atoms in total. The number of pyridine rings is 2. The van der Waals surface area contributed by atoms with E-state index in [0.717, 1.165) is 60.6 Å². The highest BCUT2D eigenvalue weighted by Crippen LogP contribution is 2.34. The molecule has 4 heterocycles. The predicted molar refractivity (Wildman–Crippen MR) is 113 cm³/mol. The zero-order chi connectivity index (χ0) is 19.7. The van der Waals surface area contributed by atoms with Gasteiger partial charge in [0.05, 0.1) is 11.7 Å². The third kappa shape index (κ3) is 3.39. The molecule has 0 spiro atoms. The second kappa shape index (κ2) is 7.69. The van der Waals surface area contributed by atoms with Crippen molar-refractivity contribution < 1.29 is 0 Å². The Hall–Kier alpha value is -2.77. The van der Waals surface area contributed by atoms with Crippen LogP contribution in [0.15, 0.2) is 43.1 Å². The molecule has 3 aromatic heterocycles. The minimum Gasteiger partial charge on any atom is -0.383 e. The van der Waals surface area contributed by atoms with Crippen molar-refractivity contribution in [1.82, 2.24) is 24.4 Å². The molecule has 1 unspecified atom stereocenters. The summed E-state index contributed by atoms with van der Waals surface area (Å²) in [5.74, 6) is 1.26. The van der Waals surface area contributed by atoms with E-state index in [1.54, 1.807) is 6.20 Å². The standard InChI is InChI=1S/C21H27N7/c1-3-5-18(27-12-9-15(22)10-13-27)28-20(16-6-4-11-24-19(16)23)26-17-8-7-14(2)25-21(17)28/h3-4,6-8,11,15,18H,1,5,9-10,12-13,22H2,2H3,(H2,23,24). The van der Waals surface area contributed by atoms with Gasteiger partial charge >= 0.3 is 0 Å². The summed E-state index contributed by atoms with van der Waals surface area (Å²) in [6.45, 7) is 7.87. The molecule has 3 aromatic rings. The number of hydrogen-bond acceptors (Lipinski definition) is 6. The van der Waals surface area contributed by atoms with Crippen molar-refractivity contribution in [2.45, 2.75) is 38.4 Å². The number of aryl methyl sites for hydroxylation is 1. The lowest BCUT2D eigenvalue weighted by atomic mass is 10.0. The molecular formula is C21H27N7. The van der Waals surface area contributed by atoms with Crippen LogP contribution in [0.4, 0.5) is 5.82 Å². The summed E-state index contributed by atoms with van der Waals surface area (Å²) >= 11 is 0. The van der Waals surface area contributed by atoms with Crippen LogP contribution in [0, 0.1) is 6.92 Å². The number of hydrogen-bond donors (Lipinski definition) is 2. The van der Waals surface area contributed by atoms with Crippen molar-refractivity contribution in [1.29, 1.82) is 0 Å². The number of likely N-dealkylation sites (tertiary alicyclic amines) is 1. The summed E-state index contributed by atoms with van der Waals surface area (Å²) in [5, 5.41) is 0. The Morgan fingerprint density at radius 2 is 2.04 bits per heavy atom. The van der Waals surface area contributed by atoms with Gasteiger partial charge in [-0.3, -0.25) is 9.47 Å². The second-order valence-corrected chi connectivity index (χ2v) is 7.42. The molecule has 0 aromatic carbocycles. The van der Waals surface area contributed by atoms with E-state index in [2.05, 4.69) is 21.0 Å². The van der Waals surface area contributed by atoms with Gasteiger partial charge < -0.3 is 11.5 Å². The molecule has 0 saturated carbocycles. The maximum Gasteiger partial charge on any atom is 0.161 e. The summed E-state index contributed by atoms with van der Waals surface area (Å²) in [6, 6.07) is 8.12. The summed E-state index contributed by atoms with van der Waals surface area (Å²) in [4.78, 5) is 16.4. The first kappa shape index (κ1) is 18.6. The molecule has 146 valence electrons. The Labute approximate surface area is 165 Å². The SMILES string of the molecule is C=CCC(N1CCC(N)CC1)n1c(-c2cccnc2N)nc2ccc(C)nc21. The molecule has 1 aliphatic heterocycles. The fraction of sp³-hybridized carbons (Fsp3) is 0.381. The Kier molecular flexibility index (Phi) is 5.11. The molecule has 0 bridgehead atoms. The molecule has 0 amide bonds. The topological polar surface area (TPSA) is 98.9 Å². The fourth-order valence-corrected chi connectivity index (χ4v) is 3.93. The van der Waals surface area contributed by atoms with Gasteiger partial charge in [-0.15, -0.1) is 6.58 Å². The molecule has 1 atom stereocenters. The van der Waals surface area contributed by atoms with E-state index < -0.39 is 0 Å². The van der Waals surface area contributed by atoms with Crippen molar-refractivity contribution in [3.63, 3.8) is 0 Å². The first-order valence-corrected chi connectivity index (χ1v) is 9.75. The number of anilines is 1. The number of aromatic nitrogens is 4. The Morgan fingerprint density at radius 3 is 2.75 bits per heavy atom. The minimum absolute atomic E-state index is 0.0545. The summed E-state index contributed by atoms with van der Waals surface area (Å²) < 4.78 is 2.20. The van der Waals surface area contributed by atoms with Gasteiger partial charge in [0.25, 0.3) is 0 Å². The van der Waals surface area contributed by atoms with Crippen LogP contribution in [0.25, 0.3) is 22.6 Å². The third-order valence-electron chi connectivity index (χ3n) is 5.43. The number of nitrogen functional groups attached to an aromatic ring is 1. The lowest BCUT2D eigenvalue weighted by molar-refractivity contribution is 0.111. The fourth-order valence-electron chi connectivity index (χ4n) is 3.93. The average Bonchev–Trinajstić information content (AvgIpc) is 3.05. The van der Waals surface area contributed by atoms with Crippen LogP contribution in [0.1, 0.15) is 31.1 Å². The van der Waals surface area contributed by atoms with Gasteiger partial charge in [0, 0.05) is 31.0 Å². The van der Waals surface area contributed by atoms with Gasteiger partial charge in [-0.1, -0.05) is 6.08 Å². The number of nitrogens with zero attached hydrogens (tertiary/aromatic N) is 5. The normalized spacial score (nSPS) is 17.1. The van der Waals surface area contributed by atoms with Gasteiger partial charge in [0.15, 0.2) is 5.65 Å². The van der Waals surface area contributed by atoms with E-state index in [0.29, 0.717) is 5.82 Å². The molecule has 7 heteroatoms. The van der Waals surface area contributed by atoms with Crippen LogP contribution in [-0.2, 0) is 0 Å². The third-order valence-corrected chi connectivity index (χ3v) is 5.43. The highest BCUT2D eigenvalue weighted by Gasteiger charge is 2.29. The van der Waals surface area contributed by atoms with Crippen molar-refractivity contribution in [2.75, 3.05) is 18.8 Å². The second-order valence-electron chi connectivity index (χ2n) is 7.42. The Morgan fingerprint density at radius 1 is 1.25 bits per heavy atom. The van der Waals surface area contributed by atoms with Crippen LogP contribution in [-0.4, -0.2) is 43.6 Å². The highest BCUT2D eigenvalue weighted by atomic mass is 15.3. The average molecular weight is 377 g/mol. The number of nitrogens with two attached hydrogens (primary N) is 2. The quantitative estimate of drug-likeness (QED) is 0.663. The Balaban J connectivity index is 1.91. The maximum absolute atomic E-state index is 6.21. The van der Waals surface area contributed by atoms with Crippen LogP contribution in [0.3, 0.4) is 0 Å². The van der Waals surface area contributed by atoms with Gasteiger partial charge in [0.2, 0.25) is 0 Å². The Bertz CT molecular complexity index is 986. The summed E-state index contributed by atoms with van der Waals surface area (Å²) in [7, 11) is 0. The zero-order valence-electron chi connectivity index (χ0n) is 16.3. The number of imidazole rings is 1. The minimum atomic E-state index is 0.0545. The van der Waals surface area contributed by atoms with Crippen molar-refractivity contribution in [3.8, 4) is 11.4 Å². The first-order valence-electron chi connectivity index (χ1n) is 9.75. The molecule has 1 aliphatic rings. The van der Waals surface area contributed by atoms with E-state index in [1.807, 2.05) is 37.3 Å². The molecule has 1 saturated heterocycles. The van der Waals surface area contributed by atoms with E-state index >= 15 is 0 Å². The monoisotopic (exact) mass is 377 g/mol. The molecule has 0 aliphatic carbocycles. The van der Waals surface area contributed by atoms with Crippen LogP contribution >= 0.6 is 0 Å². The molecule has 0 radical (unpaired) electrons. The zero-order valence-corrected chi connectivity index (χ0v) is 16.3. The predicted octanol–water partition coefficient (Wildman–Crippen LogP) is 2.88. The smallest absolute Gasteiger partial charge is 0.161 e. The molecule has 1 fully saturated rings. The van der Waals surface area contributed by atoms with E-state index in [4.69, 9.17) is 21.4 Å². The molecular weight excluding hydrogens is 350 g/mol. The van der Waals surface area contributed by atoms with E-state index in [1.165, 1.54) is 0 Å².